The van der Waals surface area contributed by atoms with Crippen molar-refractivity contribution in [1.82, 2.24) is 5.32 Å². The lowest BCUT2D eigenvalue weighted by atomic mass is 9.92. The van der Waals surface area contributed by atoms with Crippen molar-refractivity contribution >= 4 is 25.8 Å². The lowest BCUT2D eigenvalue weighted by molar-refractivity contribution is 0.0523. The van der Waals surface area contributed by atoms with Gasteiger partial charge in [0.1, 0.15) is 5.60 Å². The zero-order chi connectivity index (χ0) is 14.6. The van der Waals surface area contributed by atoms with E-state index >= 15 is 0 Å². The largest absolute Gasteiger partial charge is 0.444 e. The standard InChI is InChI=1S/C11H22ClNO4S/c1-10(2,3)17-9(14)13-7-6-11(4,5)8-18(12,15)16/h6-8H2,1-5H3,(H,13,14). The Balaban J connectivity index is 4.08. The summed E-state index contributed by atoms with van der Waals surface area (Å²) >= 11 is 0. The molecule has 0 saturated carbocycles. The molecular weight excluding hydrogens is 278 g/mol. The molecule has 5 nitrogen and oxygen atoms in total. The highest BCUT2D eigenvalue weighted by atomic mass is 35.7. The minimum Gasteiger partial charge on any atom is -0.444 e. The number of halogens is 1. The van der Waals surface area contributed by atoms with E-state index in [0.29, 0.717) is 13.0 Å². The highest BCUT2D eigenvalue weighted by Crippen LogP contribution is 2.23. The van der Waals surface area contributed by atoms with E-state index in [-0.39, 0.29) is 5.75 Å². The van der Waals surface area contributed by atoms with Crippen LogP contribution in [0.1, 0.15) is 41.0 Å². The second kappa shape index (κ2) is 6.10. The lowest BCUT2D eigenvalue weighted by Gasteiger charge is -2.24. The van der Waals surface area contributed by atoms with E-state index < -0.39 is 26.2 Å². The highest BCUT2D eigenvalue weighted by Gasteiger charge is 2.25. The summed E-state index contributed by atoms with van der Waals surface area (Å²) in [7, 11) is 1.67. The Morgan fingerprint density at radius 1 is 1.22 bits per heavy atom. The fourth-order valence-electron chi connectivity index (χ4n) is 1.36. The van der Waals surface area contributed by atoms with Gasteiger partial charge in [-0.25, -0.2) is 13.2 Å². The van der Waals surface area contributed by atoms with E-state index in [1.54, 1.807) is 34.6 Å². The van der Waals surface area contributed by atoms with Crippen LogP contribution >= 0.6 is 10.7 Å². The first kappa shape index (κ1) is 17.5. The molecule has 1 N–H and O–H groups in total. The molecule has 0 fully saturated rings. The van der Waals surface area contributed by atoms with Gasteiger partial charge in [-0.2, -0.15) is 0 Å². The van der Waals surface area contributed by atoms with Gasteiger partial charge in [-0.1, -0.05) is 13.8 Å². The third kappa shape index (κ3) is 10.7. The van der Waals surface area contributed by atoms with Crippen LogP contribution < -0.4 is 5.32 Å². The number of nitrogens with one attached hydrogen (secondary N) is 1. The molecular formula is C11H22ClNO4S. The Labute approximate surface area is 114 Å². The van der Waals surface area contributed by atoms with Crippen LogP contribution in [0.4, 0.5) is 4.79 Å². The Morgan fingerprint density at radius 2 is 1.72 bits per heavy atom. The molecule has 0 aromatic carbocycles. The van der Waals surface area contributed by atoms with Crippen molar-refractivity contribution in [1.29, 1.82) is 0 Å². The maximum Gasteiger partial charge on any atom is 0.407 e. The Kier molecular flexibility index (Phi) is 5.94. The summed E-state index contributed by atoms with van der Waals surface area (Å²) in [6.07, 6.45) is -0.00917. The average molecular weight is 300 g/mol. The van der Waals surface area contributed by atoms with E-state index in [4.69, 9.17) is 15.4 Å². The quantitative estimate of drug-likeness (QED) is 0.792. The minimum absolute atomic E-state index is 0.127. The molecule has 0 radical (unpaired) electrons. The van der Waals surface area contributed by atoms with Crippen LogP contribution in [0.25, 0.3) is 0 Å². The molecule has 0 saturated heterocycles. The van der Waals surface area contributed by atoms with Gasteiger partial charge < -0.3 is 10.1 Å². The summed E-state index contributed by atoms with van der Waals surface area (Å²) in [6, 6.07) is 0. The summed E-state index contributed by atoms with van der Waals surface area (Å²) in [6.45, 7) is 9.23. The number of rotatable bonds is 5. The maximum atomic E-state index is 11.4. The molecule has 0 bridgehead atoms. The Bertz CT molecular complexity index is 384. The molecule has 0 unspecified atom stereocenters. The van der Waals surface area contributed by atoms with Gasteiger partial charge in [0.15, 0.2) is 0 Å². The van der Waals surface area contributed by atoms with Crippen molar-refractivity contribution in [2.24, 2.45) is 5.41 Å². The second-order valence-corrected chi connectivity index (χ2v) is 8.80. The highest BCUT2D eigenvalue weighted by molar-refractivity contribution is 8.13. The van der Waals surface area contributed by atoms with Crippen LogP contribution in [0.5, 0.6) is 0 Å². The third-order valence-corrected chi connectivity index (χ3v) is 3.49. The summed E-state index contributed by atoms with van der Waals surface area (Å²) < 4.78 is 27.0. The molecule has 18 heavy (non-hydrogen) atoms. The number of alkyl carbamates (subject to hydrolysis) is 1. The zero-order valence-electron chi connectivity index (χ0n) is 11.5. The third-order valence-electron chi connectivity index (χ3n) is 2.03. The molecule has 0 rings (SSSR count). The first-order valence-electron chi connectivity index (χ1n) is 5.70. The van der Waals surface area contributed by atoms with Crippen LogP contribution in [-0.2, 0) is 13.8 Å². The molecule has 0 heterocycles. The average Bonchev–Trinajstić information content (AvgIpc) is 1.93. The van der Waals surface area contributed by atoms with Gasteiger partial charge in [0.2, 0.25) is 9.05 Å². The smallest absolute Gasteiger partial charge is 0.407 e. The van der Waals surface area contributed by atoms with Gasteiger partial charge in [0.05, 0.1) is 5.75 Å². The van der Waals surface area contributed by atoms with Gasteiger partial charge in [-0.3, -0.25) is 0 Å². The van der Waals surface area contributed by atoms with E-state index in [2.05, 4.69) is 5.32 Å². The van der Waals surface area contributed by atoms with E-state index in [1.165, 1.54) is 0 Å². The van der Waals surface area contributed by atoms with Crippen molar-refractivity contribution in [3.05, 3.63) is 0 Å². The van der Waals surface area contributed by atoms with Crippen molar-refractivity contribution in [2.45, 2.75) is 46.6 Å². The number of carbonyl (C=O) groups excluding carboxylic acids is 1. The SMILES string of the molecule is CC(C)(CCNC(=O)OC(C)(C)C)CS(=O)(=O)Cl. The predicted octanol–water partition coefficient (Wildman–Crippen LogP) is 2.50. The number of ether oxygens (including phenoxy) is 1. The van der Waals surface area contributed by atoms with Gasteiger partial charge in [-0.05, 0) is 32.6 Å². The van der Waals surface area contributed by atoms with Crippen molar-refractivity contribution < 1.29 is 17.9 Å². The van der Waals surface area contributed by atoms with Crippen molar-refractivity contribution in [2.75, 3.05) is 12.3 Å². The number of amides is 1. The van der Waals surface area contributed by atoms with Crippen LogP contribution in [-0.4, -0.2) is 32.4 Å². The number of carbonyl (C=O) groups is 1. The summed E-state index contributed by atoms with van der Waals surface area (Å²) in [5.74, 6) is -0.127. The topological polar surface area (TPSA) is 72.5 Å². The van der Waals surface area contributed by atoms with E-state index in [1.807, 2.05) is 0 Å². The Hall–Kier alpha value is -0.490. The van der Waals surface area contributed by atoms with Gasteiger partial charge in [0.25, 0.3) is 0 Å². The van der Waals surface area contributed by atoms with Gasteiger partial charge in [0, 0.05) is 17.2 Å². The first-order chi connectivity index (χ1) is 7.81. The number of hydrogen-bond acceptors (Lipinski definition) is 4. The fraction of sp³-hybridized carbons (Fsp3) is 0.909. The first-order valence-corrected chi connectivity index (χ1v) is 8.18. The molecule has 0 atom stereocenters. The van der Waals surface area contributed by atoms with Crippen LogP contribution in [0, 0.1) is 5.41 Å². The molecule has 1 amide bonds. The van der Waals surface area contributed by atoms with Crippen LogP contribution in [0.2, 0.25) is 0 Å². The molecule has 0 spiro atoms. The van der Waals surface area contributed by atoms with Crippen LogP contribution in [0.3, 0.4) is 0 Å². The van der Waals surface area contributed by atoms with Crippen LogP contribution in [0.15, 0.2) is 0 Å². The van der Waals surface area contributed by atoms with Gasteiger partial charge >= 0.3 is 6.09 Å². The van der Waals surface area contributed by atoms with Crippen molar-refractivity contribution in [3.63, 3.8) is 0 Å². The number of hydrogen-bond donors (Lipinski definition) is 1. The minimum atomic E-state index is -3.53. The molecule has 0 aromatic heterocycles. The second-order valence-electron chi connectivity index (χ2n) is 6.03. The molecule has 0 aromatic rings. The monoisotopic (exact) mass is 299 g/mol. The summed E-state index contributed by atoms with van der Waals surface area (Å²) in [5.41, 5.74) is -1.03. The maximum absolute atomic E-state index is 11.4. The molecule has 7 heteroatoms. The summed E-state index contributed by atoms with van der Waals surface area (Å²) in [5, 5.41) is 2.58. The summed E-state index contributed by atoms with van der Waals surface area (Å²) in [4.78, 5) is 11.4. The lowest BCUT2D eigenvalue weighted by Crippen LogP contribution is -2.35. The normalized spacial score (nSPS) is 13.2. The molecule has 108 valence electrons. The van der Waals surface area contributed by atoms with E-state index in [0.717, 1.165) is 0 Å². The van der Waals surface area contributed by atoms with Crippen molar-refractivity contribution in [3.8, 4) is 0 Å². The molecule has 0 aliphatic heterocycles. The molecule has 0 aliphatic rings. The fourth-order valence-corrected chi connectivity index (χ4v) is 3.32. The Morgan fingerprint density at radius 3 is 2.11 bits per heavy atom. The zero-order valence-corrected chi connectivity index (χ0v) is 13.1. The van der Waals surface area contributed by atoms with Gasteiger partial charge in [-0.15, -0.1) is 0 Å². The van der Waals surface area contributed by atoms with E-state index in [9.17, 15) is 13.2 Å². The molecule has 0 aliphatic carbocycles. The predicted molar refractivity (Wildman–Crippen MR) is 72.3 cm³/mol.